The molecule has 1 fully saturated rings. The number of anilines is 1. The van der Waals surface area contributed by atoms with Gasteiger partial charge in [-0.3, -0.25) is 19.3 Å². The Morgan fingerprint density at radius 3 is 2.30 bits per heavy atom. The molecule has 0 saturated carbocycles. The Morgan fingerprint density at radius 2 is 1.78 bits per heavy atom. The van der Waals surface area contributed by atoms with Gasteiger partial charge in [-0.25, -0.2) is 9.69 Å². The van der Waals surface area contributed by atoms with E-state index in [9.17, 15) is 19.2 Å². The minimum absolute atomic E-state index is 0.439. The van der Waals surface area contributed by atoms with E-state index in [4.69, 9.17) is 0 Å². The second-order valence-corrected chi connectivity index (χ2v) is 5.81. The Bertz CT molecular complexity index is 697. The molecule has 0 unspecified atom stereocenters. The summed E-state index contributed by atoms with van der Waals surface area (Å²) in [6.07, 6.45) is 0. The topological polar surface area (TPSA) is 86.8 Å². The summed E-state index contributed by atoms with van der Waals surface area (Å²) >= 11 is 0. The molecule has 7 heteroatoms. The highest BCUT2D eigenvalue weighted by atomic mass is 16.2. The Kier molecular flexibility index (Phi) is 4.49. The van der Waals surface area contributed by atoms with Crippen molar-refractivity contribution in [3.8, 4) is 0 Å². The molecule has 0 aromatic heterocycles. The number of rotatable bonds is 4. The SMILES string of the molecule is Cc1ccc(NC(=O)CN2C(=O)C(=O)N(C(C)C)C2=O)c(C)c1. The van der Waals surface area contributed by atoms with Crippen molar-refractivity contribution in [3.63, 3.8) is 0 Å². The van der Waals surface area contributed by atoms with Crippen LogP contribution in [0.2, 0.25) is 0 Å². The first-order chi connectivity index (χ1) is 10.7. The van der Waals surface area contributed by atoms with E-state index < -0.39 is 36.3 Å². The van der Waals surface area contributed by atoms with Gasteiger partial charge in [0.1, 0.15) is 6.54 Å². The molecule has 0 bridgehead atoms. The van der Waals surface area contributed by atoms with Crippen molar-refractivity contribution in [2.24, 2.45) is 0 Å². The summed E-state index contributed by atoms with van der Waals surface area (Å²) in [5.74, 6) is -2.40. The van der Waals surface area contributed by atoms with Crippen molar-refractivity contribution in [1.29, 1.82) is 0 Å². The van der Waals surface area contributed by atoms with Crippen LogP contribution in [0, 0.1) is 13.8 Å². The van der Waals surface area contributed by atoms with E-state index in [-0.39, 0.29) is 0 Å². The fraction of sp³-hybridized carbons (Fsp3) is 0.375. The van der Waals surface area contributed by atoms with Gasteiger partial charge in [-0.2, -0.15) is 0 Å². The molecule has 7 nitrogen and oxygen atoms in total. The maximum absolute atomic E-state index is 12.1. The Balaban J connectivity index is 2.10. The molecule has 1 aliphatic heterocycles. The molecule has 0 aliphatic carbocycles. The monoisotopic (exact) mass is 317 g/mol. The number of hydrogen-bond acceptors (Lipinski definition) is 4. The van der Waals surface area contributed by atoms with E-state index in [0.29, 0.717) is 10.6 Å². The zero-order valence-corrected chi connectivity index (χ0v) is 13.5. The van der Waals surface area contributed by atoms with Gasteiger partial charge in [-0.15, -0.1) is 0 Å². The highest BCUT2D eigenvalue weighted by molar-refractivity contribution is 6.45. The van der Waals surface area contributed by atoms with Crippen LogP contribution in [-0.2, 0) is 14.4 Å². The number of carbonyl (C=O) groups is 4. The first kappa shape index (κ1) is 16.7. The van der Waals surface area contributed by atoms with E-state index in [1.807, 2.05) is 26.0 Å². The van der Waals surface area contributed by atoms with Gasteiger partial charge < -0.3 is 5.32 Å². The summed E-state index contributed by atoms with van der Waals surface area (Å²) in [5.41, 5.74) is 2.53. The summed E-state index contributed by atoms with van der Waals surface area (Å²) in [6, 6.07) is 4.31. The van der Waals surface area contributed by atoms with Gasteiger partial charge >= 0.3 is 17.8 Å². The third kappa shape index (κ3) is 3.23. The molecule has 0 atom stereocenters. The van der Waals surface area contributed by atoms with Crippen molar-refractivity contribution in [2.75, 3.05) is 11.9 Å². The van der Waals surface area contributed by atoms with Gasteiger partial charge in [0, 0.05) is 11.7 Å². The van der Waals surface area contributed by atoms with E-state index in [2.05, 4.69) is 5.32 Å². The zero-order chi connectivity index (χ0) is 17.3. The average Bonchev–Trinajstić information content (AvgIpc) is 2.66. The van der Waals surface area contributed by atoms with E-state index in [1.54, 1.807) is 19.9 Å². The van der Waals surface area contributed by atoms with Gasteiger partial charge in [-0.05, 0) is 39.3 Å². The van der Waals surface area contributed by atoms with Gasteiger partial charge in [-0.1, -0.05) is 17.7 Å². The first-order valence-corrected chi connectivity index (χ1v) is 7.28. The van der Waals surface area contributed by atoms with E-state index in [0.717, 1.165) is 16.0 Å². The van der Waals surface area contributed by atoms with Crippen LogP contribution in [0.1, 0.15) is 25.0 Å². The average molecular weight is 317 g/mol. The van der Waals surface area contributed by atoms with Crippen LogP contribution in [-0.4, -0.2) is 46.1 Å². The summed E-state index contributed by atoms with van der Waals surface area (Å²) in [7, 11) is 0. The van der Waals surface area contributed by atoms with Crippen LogP contribution in [0.3, 0.4) is 0 Å². The lowest BCUT2D eigenvalue weighted by Crippen LogP contribution is -2.40. The number of carbonyl (C=O) groups excluding carboxylic acids is 4. The lowest BCUT2D eigenvalue weighted by atomic mass is 10.1. The number of benzene rings is 1. The Morgan fingerprint density at radius 1 is 1.13 bits per heavy atom. The number of hydrogen-bond donors (Lipinski definition) is 1. The maximum Gasteiger partial charge on any atom is 0.334 e. The van der Waals surface area contributed by atoms with Gasteiger partial charge in [0.2, 0.25) is 5.91 Å². The summed E-state index contributed by atoms with van der Waals surface area (Å²) in [4.78, 5) is 49.4. The Hall–Kier alpha value is -2.70. The number of imide groups is 2. The lowest BCUT2D eigenvalue weighted by Gasteiger charge is -2.18. The summed E-state index contributed by atoms with van der Waals surface area (Å²) in [6.45, 7) is 6.55. The summed E-state index contributed by atoms with van der Waals surface area (Å²) in [5, 5.41) is 2.65. The minimum atomic E-state index is -0.973. The number of urea groups is 1. The van der Waals surface area contributed by atoms with Crippen LogP contribution in [0.5, 0.6) is 0 Å². The lowest BCUT2D eigenvalue weighted by molar-refractivity contribution is -0.144. The van der Waals surface area contributed by atoms with Crippen LogP contribution in [0.25, 0.3) is 0 Å². The zero-order valence-electron chi connectivity index (χ0n) is 13.5. The normalized spacial score (nSPS) is 14.9. The molecule has 1 heterocycles. The third-order valence-corrected chi connectivity index (χ3v) is 3.56. The number of nitrogens with one attached hydrogen (secondary N) is 1. The molecule has 1 saturated heterocycles. The van der Waals surface area contributed by atoms with Crippen molar-refractivity contribution in [2.45, 2.75) is 33.7 Å². The molecular weight excluding hydrogens is 298 g/mol. The third-order valence-electron chi connectivity index (χ3n) is 3.56. The van der Waals surface area contributed by atoms with Crippen LogP contribution in [0.4, 0.5) is 10.5 Å². The molecule has 1 N–H and O–H groups in total. The Labute approximate surface area is 134 Å². The standard InChI is InChI=1S/C16H19N3O4/c1-9(2)19-15(22)14(21)18(16(19)23)8-13(20)17-12-6-5-10(3)7-11(12)4/h5-7,9H,8H2,1-4H3,(H,17,20). The molecule has 2 rings (SSSR count). The predicted molar refractivity (Wildman–Crippen MR) is 83.6 cm³/mol. The van der Waals surface area contributed by atoms with Crippen LogP contribution >= 0.6 is 0 Å². The van der Waals surface area contributed by atoms with Crippen molar-refractivity contribution < 1.29 is 19.2 Å². The highest BCUT2D eigenvalue weighted by Crippen LogP contribution is 2.18. The van der Waals surface area contributed by atoms with Crippen LogP contribution in [0.15, 0.2) is 18.2 Å². The highest BCUT2D eigenvalue weighted by Gasteiger charge is 2.46. The van der Waals surface area contributed by atoms with Crippen molar-refractivity contribution in [3.05, 3.63) is 29.3 Å². The molecular formula is C16H19N3O4. The fourth-order valence-electron chi connectivity index (χ4n) is 2.40. The molecule has 122 valence electrons. The number of nitrogens with zero attached hydrogens (tertiary/aromatic N) is 2. The first-order valence-electron chi connectivity index (χ1n) is 7.28. The van der Waals surface area contributed by atoms with Crippen LogP contribution < -0.4 is 5.32 Å². The van der Waals surface area contributed by atoms with E-state index >= 15 is 0 Å². The quantitative estimate of drug-likeness (QED) is 0.672. The fourth-order valence-corrected chi connectivity index (χ4v) is 2.40. The van der Waals surface area contributed by atoms with Gasteiger partial charge in [0.05, 0.1) is 0 Å². The van der Waals surface area contributed by atoms with Crippen molar-refractivity contribution >= 4 is 29.4 Å². The maximum atomic E-state index is 12.1. The van der Waals surface area contributed by atoms with Crippen molar-refractivity contribution in [1.82, 2.24) is 9.80 Å². The predicted octanol–water partition coefficient (Wildman–Crippen LogP) is 1.44. The summed E-state index contributed by atoms with van der Waals surface area (Å²) < 4.78 is 0. The largest absolute Gasteiger partial charge is 0.334 e. The minimum Gasteiger partial charge on any atom is -0.324 e. The van der Waals surface area contributed by atoms with Gasteiger partial charge in [0.25, 0.3) is 0 Å². The number of aryl methyl sites for hydroxylation is 2. The molecule has 1 aromatic carbocycles. The van der Waals surface area contributed by atoms with E-state index in [1.165, 1.54) is 0 Å². The molecule has 0 radical (unpaired) electrons. The molecule has 1 aliphatic rings. The molecule has 23 heavy (non-hydrogen) atoms. The second kappa shape index (κ2) is 6.20. The molecule has 1 aromatic rings. The smallest absolute Gasteiger partial charge is 0.324 e. The number of amides is 5. The molecule has 0 spiro atoms. The molecule has 5 amide bonds. The van der Waals surface area contributed by atoms with Gasteiger partial charge in [0.15, 0.2) is 0 Å². The second-order valence-electron chi connectivity index (χ2n) is 5.81.